The Balaban J connectivity index is 1.52. The lowest BCUT2D eigenvalue weighted by atomic mass is 10.3. The summed E-state index contributed by atoms with van der Waals surface area (Å²) in [4.78, 5) is 12.3. The third-order valence-electron chi connectivity index (χ3n) is 4.19. The van der Waals surface area contributed by atoms with E-state index in [2.05, 4.69) is 25.1 Å². The maximum absolute atomic E-state index is 12.2. The van der Waals surface area contributed by atoms with Crippen LogP contribution in [0.25, 0.3) is 0 Å². The molecule has 10 nitrogen and oxygen atoms in total. The average molecular weight is 392 g/mol. The number of nitro benzene ring substituents is 1. The summed E-state index contributed by atoms with van der Waals surface area (Å²) in [5.41, 5.74) is 0.837. The Morgan fingerprint density at radius 3 is 2.52 bits per heavy atom. The third-order valence-corrected chi connectivity index (χ3v) is 5.67. The van der Waals surface area contributed by atoms with Crippen LogP contribution in [-0.2, 0) is 10.0 Å². The number of hydrogen-bond acceptors (Lipinski definition) is 8. The van der Waals surface area contributed by atoms with Crippen molar-refractivity contribution in [1.29, 1.82) is 0 Å². The highest BCUT2D eigenvalue weighted by Crippen LogP contribution is 2.20. The Kier molecular flexibility index (Phi) is 5.81. The molecule has 0 unspecified atom stereocenters. The molecule has 11 heteroatoms. The van der Waals surface area contributed by atoms with E-state index in [0.29, 0.717) is 12.4 Å². The second-order valence-corrected chi connectivity index (χ2v) is 7.84. The normalized spacial score (nSPS) is 14.3. The topological polar surface area (TPSA) is 130 Å². The molecule has 0 radical (unpaired) electrons. The van der Waals surface area contributed by atoms with Gasteiger partial charge in [-0.3, -0.25) is 10.1 Å². The number of nitrogens with one attached hydrogen (secondary N) is 2. The van der Waals surface area contributed by atoms with Gasteiger partial charge in [0.1, 0.15) is 0 Å². The Bertz CT molecular complexity index is 897. The molecule has 27 heavy (non-hydrogen) atoms. The van der Waals surface area contributed by atoms with E-state index >= 15 is 0 Å². The van der Waals surface area contributed by atoms with Crippen LogP contribution in [0.1, 0.15) is 12.8 Å². The smallest absolute Gasteiger partial charge is 0.269 e. The van der Waals surface area contributed by atoms with Gasteiger partial charge in [-0.05, 0) is 25.0 Å². The molecule has 3 rings (SSSR count). The van der Waals surface area contributed by atoms with Gasteiger partial charge in [0, 0.05) is 44.4 Å². The van der Waals surface area contributed by atoms with Crippen molar-refractivity contribution in [1.82, 2.24) is 14.9 Å². The molecular formula is C16H20N6O4S. The van der Waals surface area contributed by atoms with Gasteiger partial charge < -0.3 is 10.2 Å². The highest BCUT2D eigenvalue weighted by molar-refractivity contribution is 7.89. The first kappa shape index (κ1) is 19.0. The molecule has 0 saturated carbocycles. The molecule has 2 aromatic rings. The van der Waals surface area contributed by atoms with Crippen molar-refractivity contribution in [2.24, 2.45) is 0 Å². The van der Waals surface area contributed by atoms with Crippen molar-refractivity contribution in [3.05, 3.63) is 46.6 Å². The van der Waals surface area contributed by atoms with Gasteiger partial charge in [0.25, 0.3) is 5.69 Å². The van der Waals surface area contributed by atoms with Crippen molar-refractivity contribution >= 4 is 27.2 Å². The van der Waals surface area contributed by atoms with Crippen LogP contribution in [0.3, 0.4) is 0 Å². The zero-order valence-corrected chi connectivity index (χ0v) is 15.4. The molecule has 1 aliphatic rings. The second kappa shape index (κ2) is 8.27. The molecule has 1 fully saturated rings. The summed E-state index contributed by atoms with van der Waals surface area (Å²) in [5, 5.41) is 21.7. The predicted octanol–water partition coefficient (Wildman–Crippen LogP) is 1.38. The number of rotatable bonds is 8. The van der Waals surface area contributed by atoms with Gasteiger partial charge in [-0.25, -0.2) is 13.1 Å². The molecule has 0 amide bonds. The van der Waals surface area contributed by atoms with Crippen molar-refractivity contribution in [3.63, 3.8) is 0 Å². The minimum absolute atomic E-state index is 0.0241. The standard InChI is InChI=1S/C16H20N6O4S/c23-22(24)13-3-5-15(6-4-13)27(25,26)19-8-7-17-16-11-14(12-18-20-16)21-9-1-2-10-21/h3-6,11-12,19H,1-2,7-10H2,(H,17,20). The van der Waals surface area contributed by atoms with E-state index in [0.717, 1.165) is 43.8 Å². The van der Waals surface area contributed by atoms with Crippen molar-refractivity contribution in [2.75, 3.05) is 36.4 Å². The minimum atomic E-state index is -3.74. The SMILES string of the molecule is O=[N+]([O-])c1ccc(S(=O)(=O)NCCNc2cc(N3CCCC3)cnn2)cc1. The summed E-state index contributed by atoms with van der Waals surface area (Å²) >= 11 is 0. The van der Waals surface area contributed by atoms with Gasteiger partial charge in [-0.1, -0.05) is 0 Å². The maximum Gasteiger partial charge on any atom is 0.269 e. The minimum Gasteiger partial charge on any atom is -0.370 e. The number of nitro groups is 1. The molecule has 2 N–H and O–H groups in total. The predicted molar refractivity (Wildman–Crippen MR) is 100 cm³/mol. The van der Waals surface area contributed by atoms with E-state index in [4.69, 9.17) is 0 Å². The average Bonchev–Trinajstić information content (AvgIpc) is 3.20. The summed E-state index contributed by atoms with van der Waals surface area (Å²) in [6.45, 7) is 2.46. The quantitative estimate of drug-likeness (QED) is 0.391. The Morgan fingerprint density at radius 1 is 1.15 bits per heavy atom. The fourth-order valence-electron chi connectivity index (χ4n) is 2.80. The molecule has 1 aliphatic heterocycles. The van der Waals surface area contributed by atoms with Gasteiger partial charge in [0.15, 0.2) is 5.82 Å². The Morgan fingerprint density at radius 2 is 1.85 bits per heavy atom. The van der Waals surface area contributed by atoms with Crippen LogP contribution >= 0.6 is 0 Å². The lowest BCUT2D eigenvalue weighted by Gasteiger charge is -2.17. The van der Waals surface area contributed by atoms with Gasteiger partial charge >= 0.3 is 0 Å². The second-order valence-electron chi connectivity index (χ2n) is 6.07. The van der Waals surface area contributed by atoms with Crippen LogP contribution in [-0.4, -0.2) is 49.7 Å². The fraction of sp³-hybridized carbons (Fsp3) is 0.375. The summed E-state index contributed by atoms with van der Waals surface area (Å²) in [5.74, 6) is 0.578. The van der Waals surface area contributed by atoms with Gasteiger partial charge in [0.05, 0.1) is 21.7 Å². The highest BCUT2D eigenvalue weighted by atomic mass is 32.2. The van der Waals surface area contributed by atoms with E-state index in [9.17, 15) is 18.5 Å². The van der Waals surface area contributed by atoms with E-state index in [-0.39, 0.29) is 17.1 Å². The zero-order chi connectivity index (χ0) is 19.3. The summed E-state index contributed by atoms with van der Waals surface area (Å²) in [7, 11) is -3.74. The first-order valence-electron chi connectivity index (χ1n) is 8.51. The summed E-state index contributed by atoms with van der Waals surface area (Å²) in [6.07, 6.45) is 4.04. The summed E-state index contributed by atoms with van der Waals surface area (Å²) in [6, 6.07) is 6.62. The van der Waals surface area contributed by atoms with Crippen molar-refractivity contribution in [2.45, 2.75) is 17.7 Å². The number of anilines is 2. The van der Waals surface area contributed by atoms with Gasteiger partial charge in [0.2, 0.25) is 10.0 Å². The Labute approximate surface area is 156 Å². The third kappa shape index (κ3) is 4.89. The number of nitrogens with zero attached hydrogens (tertiary/aromatic N) is 4. The largest absolute Gasteiger partial charge is 0.370 e. The molecule has 0 aliphatic carbocycles. The van der Waals surface area contributed by atoms with Crippen molar-refractivity contribution < 1.29 is 13.3 Å². The van der Waals surface area contributed by atoms with E-state index in [1.165, 1.54) is 12.1 Å². The zero-order valence-electron chi connectivity index (χ0n) is 14.5. The molecule has 0 spiro atoms. The number of aromatic nitrogens is 2. The number of sulfonamides is 1. The van der Waals surface area contributed by atoms with Gasteiger partial charge in [-0.15, -0.1) is 5.10 Å². The van der Waals surface area contributed by atoms with Crippen LogP contribution in [0, 0.1) is 10.1 Å². The number of non-ortho nitro benzene ring substituents is 1. The van der Waals surface area contributed by atoms with Gasteiger partial charge in [-0.2, -0.15) is 5.10 Å². The molecular weight excluding hydrogens is 372 g/mol. The first-order chi connectivity index (χ1) is 13.0. The molecule has 1 aromatic carbocycles. The van der Waals surface area contributed by atoms with Crippen LogP contribution in [0.5, 0.6) is 0 Å². The van der Waals surface area contributed by atoms with Crippen molar-refractivity contribution in [3.8, 4) is 0 Å². The molecule has 0 bridgehead atoms. The molecule has 0 atom stereocenters. The number of hydrogen-bond donors (Lipinski definition) is 2. The Hall–Kier alpha value is -2.79. The molecule has 1 aromatic heterocycles. The maximum atomic E-state index is 12.2. The van der Waals surface area contributed by atoms with Crippen LogP contribution in [0.2, 0.25) is 0 Å². The molecule has 1 saturated heterocycles. The van der Waals surface area contributed by atoms with Crippen LogP contribution in [0.4, 0.5) is 17.2 Å². The summed E-state index contributed by atoms with van der Waals surface area (Å²) < 4.78 is 26.9. The van der Waals surface area contributed by atoms with Crippen LogP contribution < -0.4 is 14.9 Å². The van der Waals surface area contributed by atoms with E-state index < -0.39 is 14.9 Å². The van der Waals surface area contributed by atoms with E-state index in [1.54, 1.807) is 6.20 Å². The van der Waals surface area contributed by atoms with E-state index in [1.807, 2.05) is 6.07 Å². The molecule has 2 heterocycles. The number of benzene rings is 1. The first-order valence-corrected chi connectivity index (χ1v) is 10.00. The fourth-order valence-corrected chi connectivity index (χ4v) is 3.83. The monoisotopic (exact) mass is 392 g/mol. The molecule has 144 valence electrons. The van der Waals surface area contributed by atoms with Crippen LogP contribution in [0.15, 0.2) is 41.4 Å². The lowest BCUT2D eigenvalue weighted by Crippen LogP contribution is -2.29. The lowest BCUT2D eigenvalue weighted by molar-refractivity contribution is -0.384. The highest BCUT2D eigenvalue weighted by Gasteiger charge is 2.16.